The van der Waals surface area contributed by atoms with E-state index in [1.54, 1.807) is 0 Å². The van der Waals surface area contributed by atoms with Crippen LogP contribution in [0.25, 0.3) is 0 Å². The van der Waals surface area contributed by atoms with E-state index in [2.05, 4.69) is 23.6 Å². The molecule has 4 unspecified atom stereocenters. The zero-order valence-corrected chi connectivity index (χ0v) is 16.7. The highest BCUT2D eigenvalue weighted by Crippen LogP contribution is 2.31. The fraction of sp³-hybridized carbons (Fsp3) is 1.00. The minimum Gasteiger partial charge on any atom is -0.372 e. The first kappa shape index (κ1) is 20.5. The molecule has 0 aromatic rings. The number of rotatable bonds is 14. The van der Waals surface area contributed by atoms with Crippen LogP contribution in [0.1, 0.15) is 39.5 Å². The number of nitrogens with zero attached hydrogens (tertiary/aromatic N) is 2. The van der Waals surface area contributed by atoms with Crippen LogP contribution in [0.4, 0.5) is 0 Å². The Labute approximate surface area is 159 Å². The van der Waals surface area contributed by atoms with Gasteiger partial charge in [-0.1, -0.05) is 6.42 Å². The van der Waals surface area contributed by atoms with Crippen molar-refractivity contribution in [1.82, 2.24) is 9.80 Å². The lowest BCUT2D eigenvalue weighted by Crippen LogP contribution is -2.39. The van der Waals surface area contributed by atoms with Crippen LogP contribution in [0.2, 0.25) is 0 Å². The summed E-state index contributed by atoms with van der Waals surface area (Å²) in [5.74, 6) is 1.55. The minimum absolute atomic E-state index is 0.440. The fourth-order valence-corrected chi connectivity index (χ4v) is 4.19. The molecule has 1 saturated carbocycles. The average Bonchev–Trinajstić information content (AvgIpc) is 3.54. The normalized spacial score (nSPS) is 30.9. The molecule has 2 heterocycles. The Morgan fingerprint density at radius 3 is 1.62 bits per heavy atom. The van der Waals surface area contributed by atoms with Crippen LogP contribution in [0.5, 0.6) is 0 Å². The average molecular weight is 371 g/mol. The summed E-state index contributed by atoms with van der Waals surface area (Å²) in [5.41, 5.74) is 0. The maximum Gasteiger partial charge on any atom is 0.0991 e. The number of epoxide rings is 2. The number of hydrogen-bond acceptors (Lipinski definition) is 6. The lowest BCUT2D eigenvalue weighted by molar-refractivity contribution is 0.00536. The summed E-state index contributed by atoms with van der Waals surface area (Å²) in [6.07, 6.45) is 6.25. The van der Waals surface area contributed by atoms with Crippen LogP contribution in [-0.2, 0) is 18.9 Å². The molecule has 6 heteroatoms. The van der Waals surface area contributed by atoms with Crippen LogP contribution >= 0.6 is 0 Å². The predicted octanol–water partition coefficient (Wildman–Crippen LogP) is 2.18. The Kier molecular flexibility index (Phi) is 8.62. The van der Waals surface area contributed by atoms with Crippen molar-refractivity contribution in [3.05, 3.63) is 0 Å². The van der Waals surface area contributed by atoms with E-state index in [9.17, 15) is 0 Å². The summed E-state index contributed by atoms with van der Waals surface area (Å²) >= 11 is 0. The topological polar surface area (TPSA) is 50.0 Å². The van der Waals surface area contributed by atoms with Gasteiger partial charge < -0.3 is 18.9 Å². The standard InChI is InChI=1S/C20H38N2O4/c1-3-23-15-21(11-19-13-25-19)9-17-6-5-7-18(8-17)10-22(16-24-4-2)12-20-14-26-20/h17-20H,3-16H2,1-2H3. The van der Waals surface area contributed by atoms with Crippen LogP contribution in [-0.4, -0.2) is 88.1 Å². The molecule has 2 saturated heterocycles. The first-order valence-corrected chi connectivity index (χ1v) is 10.6. The van der Waals surface area contributed by atoms with Gasteiger partial charge in [0.15, 0.2) is 0 Å². The highest BCUT2D eigenvalue weighted by Gasteiger charge is 2.31. The van der Waals surface area contributed by atoms with Crippen molar-refractivity contribution in [3.8, 4) is 0 Å². The zero-order chi connectivity index (χ0) is 18.2. The van der Waals surface area contributed by atoms with Gasteiger partial charge in [-0.3, -0.25) is 9.80 Å². The fourth-order valence-electron chi connectivity index (χ4n) is 4.19. The quantitative estimate of drug-likeness (QED) is 0.345. The largest absolute Gasteiger partial charge is 0.372 e. The highest BCUT2D eigenvalue weighted by atomic mass is 16.6. The Morgan fingerprint density at radius 2 is 1.23 bits per heavy atom. The SMILES string of the molecule is CCOCN(CC1CCCC(CN(COCC)CC2CO2)C1)CC1CO1. The van der Waals surface area contributed by atoms with Crippen molar-refractivity contribution < 1.29 is 18.9 Å². The third-order valence-electron chi connectivity index (χ3n) is 5.61. The van der Waals surface area contributed by atoms with Gasteiger partial charge in [0.1, 0.15) is 0 Å². The molecular formula is C20H38N2O4. The van der Waals surface area contributed by atoms with Crippen LogP contribution in [0.3, 0.4) is 0 Å². The molecule has 3 aliphatic rings. The maximum atomic E-state index is 5.68. The molecule has 3 rings (SSSR count). The summed E-state index contributed by atoms with van der Waals surface area (Å²) in [6, 6.07) is 0. The maximum absolute atomic E-state index is 5.68. The monoisotopic (exact) mass is 370 g/mol. The second-order valence-electron chi connectivity index (χ2n) is 8.13. The van der Waals surface area contributed by atoms with Gasteiger partial charge in [-0.05, 0) is 44.9 Å². The van der Waals surface area contributed by atoms with Gasteiger partial charge in [0, 0.05) is 39.4 Å². The van der Waals surface area contributed by atoms with Gasteiger partial charge >= 0.3 is 0 Å². The number of ether oxygens (including phenoxy) is 4. The van der Waals surface area contributed by atoms with Crippen LogP contribution in [0.15, 0.2) is 0 Å². The molecule has 0 spiro atoms. The third-order valence-corrected chi connectivity index (χ3v) is 5.61. The van der Waals surface area contributed by atoms with Crippen molar-refractivity contribution >= 4 is 0 Å². The van der Waals surface area contributed by atoms with Crippen molar-refractivity contribution in [2.24, 2.45) is 11.8 Å². The molecule has 0 amide bonds. The molecule has 3 fully saturated rings. The van der Waals surface area contributed by atoms with Gasteiger partial charge in [-0.2, -0.15) is 0 Å². The molecule has 0 aromatic carbocycles. The second-order valence-corrected chi connectivity index (χ2v) is 8.13. The molecular weight excluding hydrogens is 332 g/mol. The van der Waals surface area contributed by atoms with E-state index in [0.717, 1.165) is 77.9 Å². The first-order chi connectivity index (χ1) is 12.8. The van der Waals surface area contributed by atoms with E-state index in [1.165, 1.54) is 25.7 Å². The van der Waals surface area contributed by atoms with Gasteiger partial charge in [0.05, 0.1) is 38.9 Å². The van der Waals surface area contributed by atoms with E-state index in [-0.39, 0.29) is 0 Å². The molecule has 4 atom stereocenters. The van der Waals surface area contributed by atoms with E-state index < -0.39 is 0 Å². The minimum atomic E-state index is 0.440. The first-order valence-electron chi connectivity index (χ1n) is 10.6. The Hall–Kier alpha value is -0.240. The van der Waals surface area contributed by atoms with E-state index in [0.29, 0.717) is 12.2 Å². The summed E-state index contributed by atoms with van der Waals surface area (Å²) in [5, 5.41) is 0. The van der Waals surface area contributed by atoms with Crippen LogP contribution in [0, 0.1) is 11.8 Å². The molecule has 0 radical (unpaired) electrons. The third kappa shape index (κ3) is 7.79. The Bertz CT molecular complexity index is 356. The summed E-state index contributed by atoms with van der Waals surface area (Å²) in [4.78, 5) is 4.93. The molecule has 0 bridgehead atoms. The molecule has 26 heavy (non-hydrogen) atoms. The van der Waals surface area contributed by atoms with Gasteiger partial charge in [-0.25, -0.2) is 0 Å². The molecule has 6 nitrogen and oxygen atoms in total. The molecule has 2 aliphatic heterocycles. The van der Waals surface area contributed by atoms with E-state index in [4.69, 9.17) is 18.9 Å². The van der Waals surface area contributed by atoms with Crippen molar-refractivity contribution in [2.75, 3.05) is 66.1 Å². The Balaban J connectivity index is 1.43. The second kappa shape index (κ2) is 10.9. The van der Waals surface area contributed by atoms with Crippen LogP contribution < -0.4 is 0 Å². The van der Waals surface area contributed by atoms with E-state index >= 15 is 0 Å². The Morgan fingerprint density at radius 1 is 0.769 bits per heavy atom. The molecule has 152 valence electrons. The van der Waals surface area contributed by atoms with E-state index in [1.807, 2.05) is 0 Å². The van der Waals surface area contributed by atoms with Gasteiger partial charge in [-0.15, -0.1) is 0 Å². The summed E-state index contributed by atoms with van der Waals surface area (Å²) in [7, 11) is 0. The van der Waals surface area contributed by atoms with Gasteiger partial charge in [0.2, 0.25) is 0 Å². The lowest BCUT2D eigenvalue weighted by atomic mass is 9.81. The van der Waals surface area contributed by atoms with Crippen molar-refractivity contribution in [3.63, 3.8) is 0 Å². The highest BCUT2D eigenvalue weighted by molar-refractivity contribution is 4.81. The number of hydrogen-bond donors (Lipinski definition) is 0. The predicted molar refractivity (Wildman–Crippen MR) is 101 cm³/mol. The summed E-state index contributed by atoms with van der Waals surface area (Å²) in [6.45, 7) is 13.4. The lowest BCUT2D eigenvalue weighted by Gasteiger charge is -2.35. The summed E-state index contributed by atoms with van der Waals surface area (Å²) < 4.78 is 22.2. The smallest absolute Gasteiger partial charge is 0.0991 e. The zero-order valence-electron chi connectivity index (χ0n) is 16.7. The van der Waals surface area contributed by atoms with Crippen molar-refractivity contribution in [1.29, 1.82) is 0 Å². The van der Waals surface area contributed by atoms with Crippen molar-refractivity contribution in [2.45, 2.75) is 51.7 Å². The molecule has 0 N–H and O–H groups in total. The molecule has 1 aliphatic carbocycles. The van der Waals surface area contributed by atoms with Gasteiger partial charge in [0.25, 0.3) is 0 Å². The molecule has 0 aromatic heterocycles.